The molecule has 0 fully saturated rings. The molecule has 0 radical (unpaired) electrons. The maximum atomic E-state index is 13.0. The lowest BCUT2D eigenvalue weighted by Gasteiger charge is -2.09. The fourth-order valence-corrected chi connectivity index (χ4v) is 2.22. The van der Waals surface area contributed by atoms with Crippen molar-refractivity contribution >= 4 is 11.6 Å². The Labute approximate surface area is 123 Å². The molecule has 1 aromatic heterocycles. The van der Waals surface area contributed by atoms with Crippen molar-refractivity contribution < 1.29 is 9.18 Å². The minimum absolute atomic E-state index is 0.244. The number of nitrogens with two attached hydrogens (primary N) is 1. The third-order valence-electron chi connectivity index (χ3n) is 3.37. The summed E-state index contributed by atoms with van der Waals surface area (Å²) in [5, 5.41) is 6.85. The molecule has 0 aliphatic rings. The van der Waals surface area contributed by atoms with E-state index in [0.717, 1.165) is 11.1 Å². The predicted molar refractivity (Wildman–Crippen MR) is 79.5 cm³/mol. The van der Waals surface area contributed by atoms with Crippen LogP contribution in [0.15, 0.2) is 24.4 Å². The Morgan fingerprint density at radius 1 is 1.48 bits per heavy atom. The Kier molecular flexibility index (Phi) is 4.57. The summed E-state index contributed by atoms with van der Waals surface area (Å²) in [5.74, 6) is -0.494. The van der Waals surface area contributed by atoms with Crippen LogP contribution in [0.1, 0.15) is 28.5 Å². The molecule has 112 valence electrons. The lowest BCUT2D eigenvalue weighted by molar-refractivity contribution is 0.0944. The van der Waals surface area contributed by atoms with Crippen LogP contribution in [0.5, 0.6) is 0 Å². The van der Waals surface area contributed by atoms with E-state index in [4.69, 9.17) is 5.73 Å². The zero-order valence-corrected chi connectivity index (χ0v) is 12.2. The van der Waals surface area contributed by atoms with E-state index >= 15 is 0 Å². The first-order valence-corrected chi connectivity index (χ1v) is 6.87. The van der Waals surface area contributed by atoms with Crippen LogP contribution in [0.25, 0.3) is 0 Å². The molecular weight excluding hydrogens is 271 g/mol. The third-order valence-corrected chi connectivity index (χ3v) is 3.37. The highest BCUT2D eigenvalue weighted by Crippen LogP contribution is 2.12. The molecule has 2 aromatic rings. The van der Waals surface area contributed by atoms with Crippen molar-refractivity contribution in [3.8, 4) is 0 Å². The molecule has 1 aromatic carbocycles. The number of rotatable bonds is 5. The molecule has 3 N–H and O–H groups in total. The van der Waals surface area contributed by atoms with Crippen LogP contribution in [0.2, 0.25) is 0 Å². The van der Waals surface area contributed by atoms with Crippen LogP contribution >= 0.6 is 0 Å². The van der Waals surface area contributed by atoms with Crippen LogP contribution in [-0.2, 0) is 13.0 Å². The molecule has 0 bridgehead atoms. The molecule has 2 rings (SSSR count). The summed E-state index contributed by atoms with van der Waals surface area (Å²) >= 11 is 0. The van der Waals surface area contributed by atoms with E-state index in [1.807, 2.05) is 13.8 Å². The van der Waals surface area contributed by atoms with Crippen molar-refractivity contribution in [1.82, 2.24) is 15.1 Å². The van der Waals surface area contributed by atoms with E-state index in [1.54, 1.807) is 10.7 Å². The fraction of sp³-hybridized carbons (Fsp3) is 0.333. The lowest BCUT2D eigenvalue weighted by atomic mass is 10.1. The van der Waals surface area contributed by atoms with Crippen molar-refractivity contribution in [1.29, 1.82) is 0 Å². The summed E-state index contributed by atoms with van der Waals surface area (Å²) in [6.45, 7) is 4.78. The highest BCUT2D eigenvalue weighted by molar-refractivity contribution is 5.97. The van der Waals surface area contributed by atoms with Gasteiger partial charge in [-0.3, -0.25) is 9.48 Å². The van der Waals surface area contributed by atoms with Crippen molar-refractivity contribution in [3.05, 3.63) is 47.0 Å². The number of hydrogen-bond acceptors (Lipinski definition) is 3. The molecule has 0 spiro atoms. The van der Waals surface area contributed by atoms with Crippen molar-refractivity contribution in [2.75, 3.05) is 12.3 Å². The largest absolute Gasteiger partial charge is 0.396 e. The van der Waals surface area contributed by atoms with Crippen LogP contribution in [-0.4, -0.2) is 22.2 Å². The average molecular weight is 290 g/mol. The van der Waals surface area contributed by atoms with Gasteiger partial charge in [-0.25, -0.2) is 4.39 Å². The Hall–Kier alpha value is -2.37. The van der Waals surface area contributed by atoms with E-state index in [-0.39, 0.29) is 11.7 Å². The Bertz CT molecular complexity index is 651. The summed E-state index contributed by atoms with van der Waals surface area (Å²) < 4.78 is 14.6. The molecule has 1 amide bonds. The van der Waals surface area contributed by atoms with Gasteiger partial charge in [-0.05, 0) is 43.5 Å². The molecule has 0 atom stereocenters. The fourth-order valence-electron chi connectivity index (χ4n) is 2.22. The second kappa shape index (κ2) is 6.39. The van der Waals surface area contributed by atoms with Gasteiger partial charge < -0.3 is 11.1 Å². The third kappa shape index (κ3) is 3.39. The number of carbonyl (C=O) groups is 1. The second-order valence-electron chi connectivity index (χ2n) is 4.84. The highest BCUT2D eigenvalue weighted by atomic mass is 19.1. The number of nitrogens with one attached hydrogen (secondary N) is 1. The summed E-state index contributed by atoms with van der Waals surface area (Å²) in [7, 11) is 0. The van der Waals surface area contributed by atoms with Gasteiger partial charge in [-0.1, -0.05) is 6.07 Å². The molecule has 0 aliphatic heterocycles. The van der Waals surface area contributed by atoms with Gasteiger partial charge in [0.1, 0.15) is 11.5 Å². The second-order valence-corrected chi connectivity index (χ2v) is 4.84. The van der Waals surface area contributed by atoms with Crippen LogP contribution in [0.4, 0.5) is 10.1 Å². The van der Waals surface area contributed by atoms with Crippen molar-refractivity contribution in [2.45, 2.75) is 26.8 Å². The first kappa shape index (κ1) is 15.0. The molecule has 0 saturated carbocycles. The molecule has 0 aliphatic carbocycles. The van der Waals surface area contributed by atoms with Gasteiger partial charge in [-0.15, -0.1) is 0 Å². The van der Waals surface area contributed by atoms with Gasteiger partial charge in [0.2, 0.25) is 0 Å². The van der Waals surface area contributed by atoms with Crippen LogP contribution in [0, 0.1) is 12.7 Å². The van der Waals surface area contributed by atoms with Gasteiger partial charge in [0.05, 0.1) is 11.9 Å². The summed E-state index contributed by atoms with van der Waals surface area (Å²) in [6, 6.07) is 4.65. The average Bonchev–Trinajstić information content (AvgIpc) is 2.82. The number of amides is 1. The maximum Gasteiger partial charge on any atom is 0.271 e. The molecule has 0 unspecified atom stereocenters. The first-order chi connectivity index (χ1) is 10.0. The van der Waals surface area contributed by atoms with E-state index < -0.39 is 0 Å². The Morgan fingerprint density at radius 2 is 2.24 bits per heavy atom. The number of anilines is 1. The number of aryl methyl sites for hydroxylation is 2. The van der Waals surface area contributed by atoms with Gasteiger partial charge in [0.15, 0.2) is 0 Å². The minimum Gasteiger partial charge on any atom is -0.396 e. The number of hydrogen-bond donors (Lipinski definition) is 2. The molecule has 1 heterocycles. The molecule has 21 heavy (non-hydrogen) atoms. The van der Waals surface area contributed by atoms with E-state index in [9.17, 15) is 9.18 Å². The number of nitrogens with zero attached hydrogens (tertiary/aromatic N) is 2. The smallest absolute Gasteiger partial charge is 0.271 e. The first-order valence-electron chi connectivity index (χ1n) is 6.87. The molecule has 6 heteroatoms. The van der Waals surface area contributed by atoms with E-state index in [1.165, 1.54) is 18.3 Å². The zero-order valence-electron chi connectivity index (χ0n) is 12.2. The van der Waals surface area contributed by atoms with Crippen LogP contribution in [0.3, 0.4) is 0 Å². The number of nitrogen functional groups attached to an aromatic ring is 1. The minimum atomic E-state index is -0.250. The Morgan fingerprint density at radius 3 is 2.90 bits per heavy atom. The van der Waals surface area contributed by atoms with E-state index in [0.29, 0.717) is 30.9 Å². The van der Waals surface area contributed by atoms with Crippen molar-refractivity contribution in [2.24, 2.45) is 0 Å². The monoisotopic (exact) mass is 290 g/mol. The normalized spacial score (nSPS) is 10.6. The molecular formula is C15H19FN4O. The highest BCUT2D eigenvalue weighted by Gasteiger charge is 2.15. The summed E-state index contributed by atoms with van der Waals surface area (Å²) in [4.78, 5) is 12.1. The van der Waals surface area contributed by atoms with Gasteiger partial charge in [0, 0.05) is 13.1 Å². The summed E-state index contributed by atoms with van der Waals surface area (Å²) in [6.07, 6.45) is 2.11. The number of carbonyl (C=O) groups excluding carboxylic acids is 1. The maximum absolute atomic E-state index is 13.0. The topological polar surface area (TPSA) is 72.9 Å². The molecule has 0 saturated heterocycles. The van der Waals surface area contributed by atoms with Crippen LogP contribution < -0.4 is 11.1 Å². The van der Waals surface area contributed by atoms with Crippen molar-refractivity contribution in [3.63, 3.8) is 0 Å². The SMILES string of the molecule is CCn1ncc(N)c1C(=O)NCCc1ccc(F)cc1C. The standard InChI is InChI=1S/C15H19FN4O/c1-3-20-14(13(17)9-19-20)15(21)18-7-6-11-4-5-12(16)8-10(11)2/h4-5,8-9H,3,6-7,17H2,1-2H3,(H,18,21). The lowest BCUT2D eigenvalue weighted by Crippen LogP contribution is -2.29. The predicted octanol–water partition coefficient (Wildman–Crippen LogP) is 1.91. The Balaban J connectivity index is 1.97. The number of halogens is 1. The number of aromatic nitrogens is 2. The van der Waals surface area contributed by atoms with Gasteiger partial charge >= 0.3 is 0 Å². The summed E-state index contributed by atoms with van der Waals surface area (Å²) in [5.41, 5.74) is 8.39. The van der Waals surface area contributed by atoms with Gasteiger partial charge in [-0.2, -0.15) is 5.10 Å². The van der Waals surface area contributed by atoms with E-state index in [2.05, 4.69) is 10.4 Å². The van der Waals surface area contributed by atoms with Gasteiger partial charge in [0.25, 0.3) is 5.91 Å². The number of benzene rings is 1. The molecule has 5 nitrogen and oxygen atoms in total. The zero-order chi connectivity index (χ0) is 15.4. The quantitative estimate of drug-likeness (QED) is 0.883.